The Morgan fingerprint density at radius 2 is 1.59 bits per heavy atom. The number of anilines is 2. The van der Waals surface area contributed by atoms with E-state index in [2.05, 4.69) is 10.0 Å². The topological polar surface area (TPSA) is 84.5 Å². The number of methoxy groups -OCH3 is 1. The Hall–Kier alpha value is -3.32. The van der Waals surface area contributed by atoms with Crippen LogP contribution in [-0.2, 0) is 10.0 Å². The van der Waals surface area contributed by atoms with Crippen LogP contribution < -0.4 is 14.8 Å². The molecule has 0 fully saturated rings. The SMILES string of the molecule is COc1cccc(NC(=O)c2ccccc2NS(=O)(=O)c2ccccc2)c1. The second-order valence-corrected chi connectivity index (χ2v) is 7.33. The lowest BCUT2D eigenvalue weighted by molar-refractivity contribution is 0.102. The minimum Gasteiger partial charge on any atom is -0.497 e. The van der Waals surface area contributed by atoms with Gasteiger partial charge < -0.3 is 10.1 Å². The van der Waals surface area contributed by atoms with Crippen molar-refractivity contribution in [1.29, 1.82) is 0 Å². The van der Waals surface area contributed by atoms with Crippen molar-refractivity contribution in [2.45, 2.75) is 4.90 Å². The molecule has 0 aliphatic carbocycles. The van der Waals surface area contributed by atoms with Crippen LogP contribution in [0.3, 0.4) is 0 Å². The van der Waals surface area contributed by atoms with Gasteiger partial charge in [-0.1, -0.05) is 36.4 Å². The van der Waals surface area contributed by atoms with Gasteiger partial charge in [-0.3, -0.25) is 9.52 Å². The van der Waals surface area contributed by atoms with E-state index in [1.165, 1.54) is 19.2 Å². The molecule has 0 radical (unpaired) electrons. The Bertz CT molecular complexity index is 1050. The molecule has 0 aromatic heterocycles. The summed E-state index contributed by atoms with van der Waals surface area (Å²) in [5.74, 6) is 0.167. The summed E-state index contributed by atoms with van der Waals surface area (Å²) in [5, 5.41) is 2.75. The number of para-hydroxylation sites is 1. The highest BCUT2D eigenvalue weighted by molar-refractivity contribution is 7.92. The first-order valence-corrected chi connectivity index (χ1v) is 9.60. The van der Waals surface area contributed by atoms with Crippen LogP contribution >= 0.6 is 0 Å². The predicted octanol–water partition coefficient (Wildman–Crippen LogP) is 3.75. The molecule has 1 amide bonds. The summed E-state index contributed by atoms with van der Waals surface area (Å²) in [4.78, 5) is 12.8. The summed E-state index contributed by atoms with van der Waals surface area (Å²) in [6.45, 7) is 0. The van der Waals surface area contributed by atoms with E-state index in [0.29, 0.717) is 11.4 Å². The highest BCUT2D eigenvalue weighted by Crippen LogP contribution is 2.22. The van der Waals surface area contributed by atoms with E-state index in [-0.39, 0.29) is 16.1 Å². The molecule has 3 aromatic carbocycles. The van der Waals surface area contributed by atoms with Gasteiger partial charge in [-0.15, -0.1) is 0 Å². The van der Waals surface area contributed by atoms with Crippen molar-refractivity contribution in [1.82, 2.24) is 0 Å². The van der Waals surface area contributed by atoms with E-state index in [0.717, 1.165) is 0 Å². The van der Waals surface area contributed by atoms with E-state index < -0.39 is 15.9 Å². The summed E-state index contributed by atoms with van der Waals surface area (Å²) in [6.07, 6.45) is 0. The molecule has 3 aromatic rings. The molecule has 0 heterocycles. The molecule has 0 unspecified atom stereocenters. The third-order valence-electron chi connectivity index (χ3n) is 3.80. The van der Waals surface area contributed by atoms with E-state index in [9.17, 15) is 13.2 Å². The first-order valence-electron chi connectivity index (χ1n) is 8.12. The van der Waals surface area contributed by atoms with Crippen LogP contribution in [0.25, 0.3) is 0 Å². The zero-order chi connectivity index (χ0) is 19.3. The van der Waals surface area contributed by atoms with Gasteiger partial charge in [0.25, 0.3) is 15.9 Å². The van der Waals surface area contributed by atoms with Crippen molar-refractivity contribution in [3.8, 4) is 5.75 Å². The number of hydrogen-bond donors (Lipinski definition) is 2. The number of carbonyl (C=O) groups excluding carboxylic acids is 1. The zero-order valence-electron chi connectivity index (χ0n) is 14.5. The molecule has 0 saturated carbocycles. The van der Waals surface area contributed by atoms with E-state index in [1.807, 2.05) is 0 Å². The molecule has 2 N–H and O–H groups in total. The molecule has 7 heteroatoms. The molecule has 6 nitrogen and oxygen atoms in total. The van der Waals surface area contributed by atoms with E-state index in [4.69, 9.17) is 4.74 Å². The first-order chi connectivity index (χ1) is 13.0. The second-order valence-electron chi connectivity index (χ2n) is 5.65. The van der Waals surface area contributed by atoms with Gasteiger partial charge in [0.2, 0.25) is 0 Å². The van der Waals surface area contributed by atoms with Crippen LogP contribution in [0, 0.1) is 0 Å². The van der Waals surface area contributed by atoms with Crippen molar-refractivity contribution in [2.24, 2.45) is 0 Å². The normalized spacial score (nSPS) is 10.9. The molecule has 0 aliphatic heterocycles. The maximum absolute atomic E-state index is 12.7. The Kier molecular flexibility index (Phi) is 5.42. The minimum atomic E-state index is -3.80. The van der Waals surface area contributed by atoms with E-state index >= 15 is 0 Å². The number of carbonyl (C=O) groups is 1. The average molecular weight is 382 g/mol. The van der Waals surface area contributed by atoms with Crippen LogP contribution in [0.2, 0.25) is 0 Å². The van der Waals surface area contributed by atoms with Crippen molar-refractivity contribution in [3.63, 3.8) is 0 Å². The van der Waals surface area contributed by atoms with Gasteiger partial charge in [0.1, 0.15) is 5.75 Å². The van der Waals surface area contributed by atoms with Crippen molar-refractivity contribution in [2.75, 3.05) is 17.1 Å². The smallest absolute Gasteiger partial charge is 0.261 e. The van der Waals surface area contributed by atoms with Gasteiger partial charge in [0.05, 0.1) is 23.3 Å². The standard InChI is InChI=1S/C20H18N2O4S/c1-26-16-9-7-8-15(14-16)21-20(23)18-12-5-6-13-19(18)22-27(24,25)17-10-3-2-4-11-17/h2-14,22H,1H3,(H,21,23). The number of amides is 1. The molecule has 0 atom stereocenters. The van der Waals surface area contributed by atoms with E-state index in [1.54, 1.807) is 66.7 Å². The summed E-state index contributed by atoms with van der Waals surface area (Å²) in [6, 6.07) is 21.3. The predicted molar refractivity (Wildman–Crippen MR) is 105 cm³/mol. The van der Waals surface area contributed by atoms with Crippen LogP contribution in [0.4, 0.5) is 11.4 Å². The fourth-order valence-corrected chi connectivity index (χ4v) is 3.57. The quantitative estimate of drug-likeness (QED) is 0.680. The summed E-state index contributed by atoms with van der Waals surface area (Å²) < 4.78 is 32.7. The first kappa shape index (κ1) is 18.5. The maximum Gasteiger partial charge on any atom is 0.261 e. The summed E-state index contributed by atoms with van der Waals surface area (Å²) in [7, 11) is -2.27. The molecular formula is C20H18N2O4S. The Balaban J connectivity index is 1.86. The second kappa shape index (κ2) is 7.92. The summed E-state index contributed by atoms with van der Waals surface area (Å²) >= 11 is 0. The zero-order valence-corrected chi connectivity index (χ0v) is 15.4. The van der Waals surface area contributed by atoms with Crippen LogP contribution in [0.15, 0.2) is 83.8 Å². The lowest BCUT2D eigenvalue weighted by atomic mass is 10.1. The number of nitrogens with one attached hydrogen (secondary N) is 2. The Labute approximate surface area is 157 Å². The van der Waals surface area contributed by atoms with Gasteiger partial charge in [-0.05, 0) is 36.4 Å². The average Bonchev–Trinajstić information content (AvgIpc) is 2.69. The number of hydrogen-bond acceptors (Lipinski definition) is 4. The molecule has 0 saturated heterocycles. The number of sulfonamides is 1. The number of benzene rings is 3. The van der Waals surface area contributed by atoms with Gasteiger partial charge in [0.15, 0.2) is 0 Å². The Morgan fingerprint density at radius 3 is 2.33 bits per heavy atom. The van der Waals surface area contributed by atoms with Crippen LogP contribution in [0.1, 0.15) is 10.4 Å². The molecular weight excluding hydrogens is 364 g/mol. The fourth-order valence-electron chi connectivity index (χ4n) is 2.47. The molecule has 3 rings (SSSR count). The van der Waals surface area contributed by atoms with Crippen molar-refractivity contribution >= 4 is 27.3 Å². The highest BCUT2D eigenvalue weighted by atomic mass is 32.2. The molecule has 138 valence electrons. The molecule has 0 bridgehead atoms. The van der Waals surface area contributed by atoms with Crippen LogP contribution in [0.5, 0.6) is 5.75 Å². The van der Waals surface area contributed by atoms with Gasteiger partial charge in [-0.25, -0.2) is 8.42 Å². The van der Waals surface area contributed by atoms with Gasteiger partial charge >= 0.3 is 0 Å². The fraction of sp³-hybridized carbons (Fsp3) is 0.0500. The number of ether oxygens (including phenoxy) is 1. The molecule has 0 aliphatic rings. The minimum absolute atomic E-state index is 0.119. The van der Waals surface area contributed by atoms with Crippen molar-refractivity contribution in [3.05, 3.63) is 84.4 Å². The number of rotatable bonds is 6. The molecule has 0 spiro atoms. The van der Waals surface area contributed by atoms with Gasteiger partial charge in [-0.2, -0.15) is 0 Å². The third-order valence-corrected chi connectivity index (χ3v) is 5.18. The van der Waals surface area contributed by atoms with Crippen molar-refractivity contribution < 1.29 is 17.9 Å². The Morgan fingerprint density at radius 1 is 0.889 bits per heavy atom. The third kappa shape index (κ3) is 4.45. The highest BCUT2D eigenvalue weighted by Gasteiger charge is 2.18. The van der Waals surface area contributed by atoms with Crippen LogP contribution in [-0.4, -0.2) is 21.4 Å². The summed E-state index contributed by atoms with van der Waals surface area (Å²) in [5.41, 5.74) is 0.946. The largest absolute Gasteiger partial charge is 0.497 e. The lowest BCUT2D eigenvalue weighted by Gasteiger charge is -2.13. The molecule has 27 heavy (non-hydrogen) atoms. The monoisotopic (exact) mass is 382 g/mol. The maximum atomic E-state index is 12.7. The van der Waals surface area contributed by atoms with Gasteiger partial charge in [0, 0.05) is 11.8 Å². The lowest BCUT2D eigenvalue weighted by Crippen LogP contribution is -2.18.